The van der Waals surface area contributed by atoms with Crippen molar-refractivity contribution in [1.82, 2.24) is 0 Å². The predicted octanol–water partition coefficient (Wildman–Crippen LogP) is 4.65. The van der Waals surface area contributed by atoms with Crippen LogP contribution in [0.2, 0.25) is 0 Å². The highest BCUT2D eigenvalue weighted by Gasteiger charge is 2.49. The molecule has 0 heterocycles. The van der Waals surface area contributed by atoms with Gasteiger partial charge in [-0.25, -0.2) is 0 Å². The molecule has 1 aliphatic carbocycles. The minimum absolute atomic E-state index is 0.0892. The third-order valence-corrected chi connectivity index (χ3v) is 4.97. The van der Waals surface area contributed by atoms with Crippen LogP contribution in [0, 0.1) is 11.3 Å². The molecule has 0 aromatic rings. The molecule has 0 aliphatic heterocycles. The SMILES string of the molecule is CCCC(C)OC(=O)C1CCCCC1(C)C(=O)OC(C)CCC. The number of esters is 2. The van der Waals surface area contributed by atoms with Gasteiger partial charge in [0.15, 0.2) is 0 Å². The van der Waals surface area contributed by atoms with Crippen LogP contribution < -0.4 is 0 Å². The molecule has 4 nitrogen and oxygen atoms in total. The summed E-state index contributed by atoms with van der Waals surface area (Å²) < 4.78 is 11.2. The Kier molecular flexibility index (Phi) is 8.07. The maximum absolute atomic E-state index is 12.7. The molecular weight excluding hydrogens is 292 g/mol. The first-order chi connectivity index (χ1) is 10.8. The third kappa shape index (κ3) is 5.50. The predicted molar refractivity (Wildman–Crippen MR) is 91.0 cm³/mol. The van der Waals surface area contributed by atoms with Gasteiger partial charge in [-0.3, -0.25) is 9.59 Å². The van der Waals surface area contributed by atoms with Crippen molar-refractivity contribution in [3.8, 4) is 0 Å². The van der Waals surface area contributed by atoms with Crippen molar-refractivity contribution in [3.63, 3.8) is 0 Å². The molecule has 23 heavy (non-hydrogen) atoms. The van der Waals surface area contributed by atoms with Gasteiger partial charge in [-0.05, 0) is 46.5 Å². The molecule has 1 rings (SSSR count). The lowest BCUT2D eigenvalue weighted by Crippen LogP contribution is -2.45. The monoisotopic (exact) mass is 326 g/mol. The van der Waals surface area contributed by atoms with Crippen LogP contribution in [0.5, 0.6) is 0 Å². The number of hydrogen-bond acceptors (Lipinski definition) is 4. The highest BCUT2D eigenvalue weighted by molar-refractivity contribution is 5.85. The maximum Gasteiger partial charge on any atom is 0.312 e. The lowest BCUT2D eigenvalue weighted by atomic mass is 9.67. The van der Waals surface area contributed by atoms with Crippen LogP contribution in [-0.4, -0.2) is 24.1 Å². The van der Waals surface area contributed by atoms with E-state index in [0.717, 1.165) is 38.5 Å². The summed E-state index contributed by atoms with van der Waals surface area (Å²) in [4.78, 5) is 25.3. The van der Waals surface area contributed by atoms with Crippen molar-refractivity contribution in [2.45, 2.75) is 98.2 Å². The van der Waals surface area contributed by atoms with Gasteiger partial charge in [0, 0.05) is 0 Å². The number of rotatable bonds is 8. The van der Waals surface area contributed by atoms with E-state index in [1.807, 2.05) is 20.8 Å². The highest BCUT2D eigenvalue weighted by Crippen LogP contribution is 2.43. The summed E-state index contributed by atoms with van der Waals surface area (Å²) >= 11 is 0. The Labute approximate surface area is 141 Å². The Bertz CT molecular complexity index is 393. The van der Waals surface area contributed by atoms with Crippen LogP contribution in [0.25, 0.3) is 0 Å². The second-order valence-corrected chi connectivity index (χ2v) is 7.26. The largest absolute Gasteiger partial charge is 0.462 e. The summed E-state index contributed by atoms with van der Waals surface area (Å²) in [6.07, 6.45) is 6.82. The lowest BCUT2D eigenvalue weighted by molar-refractivity contribution is -0.177. The number of ether oxygens (including phenoxy) is 2. The fourth-order valence-electron chi connectivity index (χ4n) is 3.48. The zero-order chi connectivity index (χ0) is 17.5. The van der Waals surface area contributed by atoms with Crippen LogP contribution in [-0.2, 0) is 19.1 Å². The third-order valence-electron chi connectivity index (χ3n) is 4.97. The van der Waals surface area contributed by atoms with Crippen molar-refractivity contribution in [2.75, 3.05) is 0 Å². The summed E-state index contributed by atoms with van der Waals surface area (Å²) in [5, 5.41) is 0. The first-order valence-electron chi connectivity index (χ1n) is 9.26. The molecule has 0 radical (unpaired) electrons. The van der Waals surface area contributed by atoms with Gasteiger partial charge in [0.1, 0.15) is 0 Å². The summed E-state index contributed by atoms with van der Waals surface area (Å²) in [7, 11) is 0. The van der Waals surface area contributed by atoms with E-state index in [9.17, 15) is 9.59 Å². The summed E-state index contributed by atoms with van der Waals surface area (Å²) in [6, 6.07) is 0. The minimum atomic E-state index is -0.747. The van der Waals surface area contributed by atoms with Gasteiger partial charge >= 0.3 is 11.9 Å². The molecule has 134 valence electrons. The Balaban J connectivity index is 2.78. The molecule has 1 fully saturated rings. The fourth-order valence-corrected chi connectivity index (χ4v) is 3.48. The molecule has 0 N–H and O–H groups in total. The summed E-state index contributed by atoms with van der Waals surface area (Å²) in [5.41, 5.74) is -0.747. The van der Waals surface area contributed by atoms with Crippen molar-refractivity contribution in [3.05, 3.63) is 0 Å². The minimum Gasteiger partial charge on any atom is -0.462 e. The summed E-state index contributed by atoms with van der Waals surface area (Å²) in [5.74, 6) is -0.839. The van der Waals surface area contributed by atoms with Crippen LogP contribution in [0.4, 0.5) is 0 Å². The van der Waals surface area contributed by atoms with Gasteiger partial charge in [0.2, 0.25) is 0 Å². The molecule has 0 saturated heterocycles. The van der Waals surface area contributed by atoms with E-state index in [1.165, 1.54) is 0 Å². The van der Waals surface area contributed by atoms with E-state index in [-0.39, 0.29) is 30.1 Å². The molecule has 4 atom stereocenters. The van der Waals surface area contributed by atoms with E-state index in [0.29, 0.717) is 12.8 Å². The number of carbonyl (C=O) groups excluding carboxylic acids is 2. The van der Waals surface area contributed by atoms with Gasteiger partial charge < -0.3 is 9.47 Å². The Hall–Kier alpha value is -1.06. The van der Waals surface area contributed by atoms with E-state index >= 15 is 0 Å². The van der Waals surface area contributed by atoms with Crippen LogP contribution >= 0.6 is 0 Å². The molecule has 0 bridgehead atoms. The van der Waals surface area contributed by atoms with Crippen LogP contribution in [0.3, 0.4) is 0 Å². The molecule has 0 aromatic heterocycles. The number of hydrogen-bond donors (Lipinski definition) is 0. The first-order valence-corrected chi connectivity index (χ1v) is 9.26. The van der Waals surface area contributed by atoms with E-state index in [4.69, 9.17) is 9.47 Å². The smallest absolute Gasteiger partial charge is 0.312 e. The van der Waals surface area contributed by atoms with E-state index in [1.54, 1.807) is 0 Å². The second kappa shape index (κ2) is 9.29. The van der Waals surface area contributed by atoms with E-state index < -0.39 is 5.41 Å². The molecule has 0 aromatic carbocycles. The molecule has 4 heteroatoms. The van der Waals surface area contributed by atoms with Crippen molar-refractivity contribution in [1.29, 1.82) is 0 Å². The molecule has 0 spiro atoms. The molecular formula is C19H34O4. The second-order valence-electron chi connectivity index (χ2n) is 7.26. The van der Waals surface area contributed by atoms with Gasteiger partial charge in [-0.15, -0.1) is 0 Å². The molecule has 0 amide bonds. The highest BCUT2D eigenvalue weighted by atomic mass is 16.6. The average molecular weight is 326 g/mol. The quantitative estimate of drug-likeness (QED) is 0.609. The van der Waals surface area contributed by atoms with Gasteiger partial charge in [0.05, 0.1) is 23.5 Å². The van der Waals surface area contributed by atoms with Crippen LogP contribution in [0.1, 0.15) is 86.0 Å². The lowest BCUT2D eigenvalue weighted by Gasteiger charge is -2.38. The zero-order valence-corrected chi connectivity index (χ0v) is 15.5. The topological polar surface area (TPSA) is 52.6 Å². The van der Waals surface area contributed by atoms with Crippen LogP contribution in [0.15, 0.2) is 0 Å². The van der Waals surface area contributed by atoms with Gasteiger partial charge in [-0.1, -0.05) is 39.5 Å². The summed E-state index contributed by atoms with van der Waals surface area (Å²) in [6.45, 7) is 9.86. The number of carbonyl (C=O) groups is 2. The Morgan fingerprint density at radius 1 is 1.04 bits per heavy atom. The average Bonchev–Trinajstić information content (AvgIpc) is 2.47. The normalized spacial score (nSPS) is 27.1. The molecule has 4 unspecified atom stereocenters. The molecule has 1 saturated carbocycles. The van der Waals surface area contributed by atoms with Crippen molar-refractivity contribution < 1.29 is 19.1 Å². The maximum atomic E-state index is 12.7. The molecule has 1 aliphatic rings. The van der Waals surface area contributed by atoms with Crippen molar-refractivity contribution >= 4 is 11.9 Å². The van der Waals surface area contributed by atoms with Crippen molar-refractivity contribution in [2.24, 2.45) is 11.3 Å². The van der Waals surface area contributed by atoms with E-state index in [2.05, 4.69) is 13.8 Å². The Morgan fingerprint density at radius 3 is 2.17 bits per heavy atom. The first kappa shape index (κ1) is 20.0. The standard InChI is InChI=1S/C19H34O4/c1-6-10-14(3)22-17(20)16-12-8-9-13-19(16,5)18(21)23-15(4)11-7-2/h14-16H,6-13H2,1-5H3. The van der Waals surface area contributed by atoms with Gasteiger partial charge in [0.25, 0.3) is 0 Å². The Morgan fingerprint density at radius 2 is 1.61 bits per heavy atom. The van der Waals surface area contributed by atoms with Gasteiger partial charge in [-0.2, -0.15) is 0 Å². The zero-order valence-electron chi connectivity index (χ0n) is 15.5. The fraction of sp³-hybridized carbons (Fsp3) is 0.895.